The molecule has 148 valence electrons. The Hall–Kier alpha value is -2.57. The lowest BCUT2D eigenvalue weighted by atomic mass is 10.1. The predicted octanol–water partition coefficient (Wildman–Crippen LogP) is 3.45. The molecule has 1 saturated heterocycles. The third-order valence-electron chi connectivity index (χ3n) is 4.47. The van der Waals surface area contributed by atoms with E-state index in [2.05, 4.69) is 5.32 Å². The Morgan fingerprint density at radius 1 is 1.14 bits per heavy atom. The normalized spacial score (nSPS) is 13.9. The monoisotopic (exact) mass is 402 g/mol. The van der Waals surface area contributed by atoms with Gasteiger partial charge in [0.1, 0.15) is 5.75 Å². The second-order valence-electron chi connectivity index (χ2n) is 6.69. The third kappa shape index (κ3) is 5.03. The molecule has 6 nitrogen and oxygen atoms in total. The molecule has 2 aromatic carbocycles. The van der Waals surface area contributed by atoms with E-state index in [1.54, 1.807) is 41.3 Å². The summed E-state index contributed by atoms with van der Waals surface area (Å²) in [4.78, 5) is 26.5. The molecule has 0 bridgehead atoms. The van der Waals surface area contributed by atoms with Crippen LogP contribution in [-0.4, -0.2) is 49.6 Å². The van der Waals surface area contributed by atoms with Crippen LogP contribution in [0.3, 0.4) is 0 Å². The van der Waals surface area contributed by atoms with Crippen molar-refractivity contribution in [3.05, 3.63) is 58.1 Å². The molecular weight excluding hydrogens is 380 g/mol. The number of morpholine rings is 1. The van der Waals surface area contributed by atoms with Crippen LogP contribution in [-0.2, 0) is 9.53 Å². The summed E-state index contributed by atoms with van der Waals surface area (Å²) in [5.41, 5.74) is 2.87. The fourth-order valence-corrected chi connectivity index (χ4v) is 3.12. The van der Waals surface area contributed by atoms with Gasteiger partial charge in [0.05, 0.1) is 13.2 Å². The van der Waals surface area contributed by atoms with Gasteiger partial charge in [-0.15, -0.1) is 0 Å². The molecule has 0 atom stereocenters. The van der Waals surface area contributed by atoms with Crippen LogP contribution in [0.2, 0.25) is 5.02 Å². The predicted molar refractivity (Wildman–Crippen MR) is 108 cm³/mol. The topological polar surface area (TPSA) is 67.9 Å². The molecule has 2 aromatic rings. The van der Waals surface area contributed by atoms with E-state index < -0.39 is 0 Å². The first kappa shape index (κ1) is 20.2. The van der Waals surface area contributed by atoms with Gasteiger partial charge in [0.2, 0.25) is 0 Å². The minimum atomic E-state index is -0.304. The molecule has 1 N–H and O–H groups in total. The largest absolute Gasteiger partial charge is 0.484 e. The first-order valence-electron chi connectivity index (χ1n) is 9.10. The molecule has 1 aliphatic rings. The van der Waals surface area contributed by atoms with Gasteiger partial charge in [-0.1, -0.05) is 17.7 Å². The van der Waals surface area contributed by atoms with Crippen molar-refractivity contribution < 1.29 is 19.1 Å². The van der Waals surface area contributed by atoms with E-state index in [4.69, 9.17) is 21.1 Å². The Kier molecular flexibility index (Phi) is 6.54. The standard InChI is InChI=1S/C21H23ClN2O4/c1-14-10-18(11-15(2)20(14)22)28-13-19(25)23-17-5-3-4-16(12-17)21(26)24-6-8-27-9-7-24/h3-5,10-12H,6-9,13H2,1-2H3,(H,23,25). The highest BCUT2D eigenvalue weighted by Gasteiger charge is 2.18. The van der Waals surface area contributed by atoms with Crippen LogP contribution in [0, 0.1) is 13.8 Å². The smallest absolute Gasteiger partial charge is 0.262 e. The van der Waals surface area contributed by atoms with Crippen LogP contribution >= 0.6 is 11.6 Å². The van der Waals surface area contributed by atoms with Gasteiger partial charge in [-0.25, -0.2) is 0 Å². The Bertz CT molecular complexity index is 855. The molecule has 2 amide bonds. The third-order valence-corrected chi connectivity index (χ3v) is 5.07. The molecule has 0 aliphatic carbocycles. The summed E-state index contributed by atoms with van der Waals surface area (Å²) in [6, 6.07) is 10.5. The van der Waals surface area contributed by atoms with E-state index in [-0.39, 0.29) is 18.4 Å². The lowest BCUT2D eigenvalue weighted by molar-refractivity contribution is -0.118. The Balaban J connectivity index is 1.59. The molecule has 28 heavy (non-hydrogen) atoms. The summed E-state index contributed by atoms with van der Waals surface area (Å²) in [5.74, 6) is 0.217. The zero-order chi connectivity index (χ0) is 20.1. The van der Waals surface area contributed by atoms with Crippen LogP contribution in [0.1, 0.15) is 21.5 Å². The van der Waals surface area contributed by atoms with E-state index >= 15 is 0 Å². The number of hydrogen-bond donors (Lipinski definition) is 1. The number of rotatable bonds is 5. The number of ether oxygens (including phenoxy) is 2. The molecule has 1 fully saturated rings. The summed E-state index contributed by atoms with van der Waals surface area (Å²) in [5, 5.41) is 3.46. The average Bonchev–Trinajstić information content (AvgIpc) is 2.70. The molecule has 0 saturated carbocycles. The lowest BCUT2D eigenvalue weighted by Gasteiger charge is -2.27. The van der Waals surface area contributed by atoms with Gasteiger partial charge >= 0.3 is 0 Å². The van der Waals surface area contributed by atoms with Crippen LogP contribution in [0.4, 0.5) is 5.69 Å². The van der Waals surface area contributed by atoms with Gasteiger partial charge in [0.25, 0.3) is 11.8 Å². The number of halogens is 1. The maximum Gasteiger partial charge on any atom is 0.262 e. The van der Waals surface area contributed by atoms with Crippen molar-refractivity contribution >= 4 is 29.1 Å². The van der Waals surface area contributed by atoms with Gasteiger partial charge in [-0.05, 0) is 55.3 Å². The minimum absolute atomic E-state index is 0.0669. The number of benzene rings is 2. The number of aryl methyl sites for hydroxylation is 2. The Labute approximate surface area is 169 Å². The first-order valence-corrected chi connectivity index (χ1v) is 9.48. The molecule has 7 heteroatoms. The number of amides is 2. The molecule has 0 radical (unpaired) electrons. The zero-order valence-corrected chi connectivity index (χ0v) is 16.7. The SMILES string of the molecule is Cc1cc(OCC(=O)Nc2cccc(C(=O)N3CCOCC3)c2)cc(C)c1Cl. The van der Waals surface area contributed by atoms with Gasteiger partial charge in [0, 0.05) is 29.4 Å². The second kappa shape index (κ2) is 9.08. The summed E-state index contributed by atoms with van der Waals surface area (Å²) in [6.45, 7) is 5.87. The van der Waals surface area contributed by atoms with Crippen LogP contribution in [0.5, 0.6) is 5.75 Å². The Morgan fingerprint density at radius 2 is 1.82 bits per heavy atom. The van der Waals surface area contributed by atoms with Gasteiger partial charge in [0.15, 0.2) is 6.61 Å². The molecule has 1 aliphatic heterocycles. The van der Waals surface area contributed by atoms with Gasteiger partial charge in [-0.2, -0.15) is 0 Å². The molecule has 3 rings (SSSR count). The highest BCUT2D eigenvalue weighted by Crippen LogP contribution is 2.25. The number of nitrogens with one attached hydrogen (secondary N) is 1. The number of nitrogens with zero attached hydrogens (tertiary/aromatic N) is 1. The number of carbonyl (C=O) groups excluding carboxylic acids is 2. The van der Waals surface area contributed by atoms with Crippen molar-refractivity contribution in [3.8, 4) is 5.75 Å². The lowest BCUT2D eigenvalue weighted by Crippen LogP contribution is -2.40. The number of carbonyl (C=O) groups is 2. The second-order valence-corrected chi connectivity index (χ2v) is 7.07. The Morgan fingerprint density at radius 3 is 2.50 bits per heavy atom. The molecule has 0 spiro atoms. The zero-order valence-electron chi connectivity index (χ0n) is 16.0. The van der Waals surface area contributed by atoms with E-state index in [1.165, 1.54) is 0 Å². The molecule has 0 unspecified atom stereocenters. The van der Waals surface area contributed by atoms with Crippen molar-refractivity contribution in [1.29, 1.82) is 0 Å². The summed E-state index contributed by atoms with van der Waals surface area (Å²) in [7, 11) is 0. The fourth-order valence-electron chi connectivity index (χ4n) is 3.01. The number of anilines is 1. The molecule has 1 heterocycles. The van der Waals surface area contributed by atoms with Crippen LogP contribution in [0.15, 0.2) is 36.4 Å². The van der Waals surface area contributed by atoms with Crippen molar-refractivity contribution in [2.75, 3.05) is 38.2 Å². The summed E-state index contributed by atoms with van der Waals surface area (Å²) in [6.07, 6.45) is 0. The van der Waals surface area contributed by atoms with E-state index in [9.17, 15) is 9.59 Å². The first-order chi connectivity index (χ1) is 13.4. The quantitative estimate of drug-likeness (QED) is 0.831. The fraction of sp³-hybridized carbons (Fsp3) is 0.333. The average molecular weight is 403 g/mol. The van der Waals surface area contributed by atoms with E-state index in [0.717, 1.165) is 11.1 Å². The summed E-state index contributed by atoms with van der Waals surface area (Å²) >= 11 is 6.14. The van der Waals surface area contributed by atoms with Crippen molar-refractivity contribution in [1.82, 2.24) is 4.90 Å². The van der Waals surface area contributed by atoms with E-state index in [0.29, 0.717) is 48.3 Å². The highest BCUT2D eigenvalue weighted by molar-refractivity contribution is 6.32. The maximum atomic E-state index is 12.6. The van der Waals surface area contributed by atoms with E-state index in [1.807, 2.05) is 13.8 Å². The number of hydrogen-bond acceptors (Lipinski definition) is 4. The molecular formula is C21H23ClN2O4. The van der Waals surface area contributed by atoms with Crippen molar-refractivity contribution in [2.45, 2.75) is 13.8 Å². The minimum Gasteiger partial charge on any atom is -0.484 e. The van der Waals surface area contributed by atoms with Crippen molar-refractivity contribution in [2.24, 2.45) is 0 Å². The van der Waals surface area contributed by atoms with Crippen molar-refractivity contribution in [3.63, 3.8) is 0 Å². The van der Waals surface area contributed by atoms with Gasteiger partial charge < -0.3 is 19.7 Å². The maximum absolute atomic E-state index is 12.6. The van der Waals surface area contributed by atoms with Crippen LogP contribution in [0.25, 0.3) is 0 Å². The van der Waals surface area contributed by atoms with Crippen LogP contribution < -0.4 is 10.1 Å². The highest BCUT2D eigenvalue weighted by atomic mass is 35.5. The van der Waals surface area contributed by atoms with Gasteiger partial charge in [-0.3, -0.25) is 9.59 Å². The molecule has 0 aromatic heterocycles. The summed E-state index contributed by atoms with van der Waals surface area (Å²) < 4.78 is 10.8.